The van der Waals surface area contributed by atoms with E-state index in [9.17, 15) is 24.0 Å². The molecule has 18 heteroatoms. The fourth-order valence-corrected chi connectivity index (χ4v) is 6.32. The Morgan fingerprint density at radius 1 is 0.609 bits per heavy atom. The van der Waals surface area contributed by atoms with Crippen LogP contribution < -0.4 is 16.0 Å². The minimum Gasteiger partial charge on any atom is -0.444 e. The van der Waals surface area contributed by atoms with Gasteiger partial charge in [0, 0.05) is 37.3 Å². The average Bonchev–Trinajstić information content (AvgIpc) is 3.13. The predicted molar refractivity (Wildman–Crippen MR) is 240 cm³/mol. The monoisotopic (exact) mass is 893 g/mol. The zero-order chi connectivity index (χ0) is 47.9. The summed E-state index contributed by atoms with van der Waals surface area (Å²) < 4.78 is 52.6. The second-order valence-corrected chi connectivity index (χ2v) is 19.2. The van der Waals surface area contributed by atoms with Crippen LogP contribution in [0.15, 0.2) is 52.5 Å². The molecule has 348 valence electrons. The number of hydrogen-bond donors (Lipinski definition) is 3. The lowest BCUT2D eigenvalue weighted by Crippen LogP contribution is -2.48. The zero-order valence-corrected chi connectivity index (χ0v) is 39.0. The zero-order valence-electron chi connectivity index (χ0n) is 39.0. The molecule has 0 fully saturated rings. The molecule has 3 N–H and O–H groups in total. The minimum atomic E-state index is -1.24. The number of carbonyl (C=O) groups is 5. The Labute approximate surface area is 373 Å². The summed E-state index contributed by atoms with van der Waals surface area (Å²) >= 11 is 0. The van der Waals surface area contributed by atoms with E-state index in [-0.39, 0.29) is 54.8 Å². The number of nitrogens with one attached hydrogen (secondary N) is 3. The van der Waals surface area contributed by atoms with E-state index in [1.807, 2.05) is 12.1 Å². The fourth-order valence-electron chi connectivity index (χ4n) is 6.32. The summed E-state index contributed by atoms with van der Waals surface area (Å²) in [4.78, 5) is 75.1. The number of amides is 5. The molecule has 0 spiro atoms. The van der Waals surface area contributed by atoms with Gasteiger partial charge in [-0.05, 0) is 143 Å². The first-order valence-corrected chi connectivity index (χ1v) is 20.9. The van der Waals surface area contributed by atoms with E-state index in [2.05, 4.69) is 25.9 Å². The van der Waals surface area contributed by atoms with Gasteiger partial charge in [-0.15, -0.1) is 9.98 Å². The average molecular weight is 894 g/mol. The Morgan fingerprint density at radius 3 is 1.47 bits per heavy atom. The van der Waals surface area contributed by atoms with Crippen molar-refractivity contribution >= 4 is 59.0 Å². The molecule has 0 atom stereocenters. The van der Waals surface area contributed by atoms with Crippen LogP contribution in [-0.4, -0.2) is 101 Å². The van der Waals surface area contributed by atoms with Crippen LogP contribution in [0.2, 0.25) is 0 Å². The van der Waals surface area contributed by atoms with Crippen LogP contribution >= 0.6 is 0 Å². The molecule has 0 saturated carbocycles. The highest BCUT2D eigenvalue weighted by molar-refractivity contribution is 6.06. The summed E-state index contributed by atoms with van der Waals surface area (Å²) in [6.45, 7) is 23.0. The van der Waals surface area contributed by atoms with Crippen LogP contribution in [-0.2, 0) is 18.9 Å². The number of ether oxygens (including phenoxy) is 4. The van der Waals surface area contributed by atoms with Gasteiger partial charge >= 0.3 is 24.4 Å². The van der Waals surface area contributed by atoms with Crippen molar-refractivity contribution in [2.75, 3.05) is 31.5 Å². The van der Waals surface area contributed by atoms with Crippen LogP contribution in [0.5, 0.6) is 0 Å². The summed E-state index contributed by atoms with van der Waals surface area (Å²) in [6.07, 6.45) is 0.788. The van der Waals surface area contributed by atoms with Gasteiger partial charge < -0.3 is 34.1 Å². The molecule has 0 aromatic heterocycles. The second kappa shape index (κ2) is 20.0. The number of rotatable bonds is 4. The largest absolute Gasteiger partial charge is 0.444 e. The number of carbonyl (C=O) groups excluding carboxylic acids is 5. The maximum atomic E-state index is 15.7. The first-order chi connectivity index (χ1) is 29.5. The van der Waals surface area contributed by atoms with Gasteiger partial charge in [-0.1, -0.05) is 24.3 Å². The smallest absolute Gasteiger partial charge is 0.437 e. The molecule has 0 saturated heterocycles. The van der Waals surface area contributed by atoms with E-state index in [1.165, 1.54) is 12.1 Å². The molecule has 16 nitrogen and oxygen atoms in total. The van der Waals surface area contributed by atoms with E-state index in [1.54, 1.807) is 118 Å². The molecule has 2 aliphatic heterocycles. The number of halogens is 2. The Kier molecular flexibility index (Phi) is 15.7. The van der Waals surface area contributed by atoms with E-state index < -0.39 is 64.3 Å². The highest BCUT2D eigenvalue weighted by Gasteiger charge is 2.28. The predicted octanol–water partition coefficient (Wildman–Crippen LogP) is 9.34. The lowest BCUT2D eigenvalue weighted by molar-refractivity contribution is 0.0536. The maximum Gasteiger partial charge on any atom is 0.437 e. The fraction of sp³-hybridized carbons (Fsp3) is 0.500. The van der Waals surface area contributed by atoms with Gasteiger partial charge in [-0.25, -0.2) is 28.0 Å². The van der Waals surface area contributed by atoms with Gasteiger partial charge in [0.05, 0.1) is 5.69 Å². The summed E-state index contributed by atoms with van der Waals surface area (Å²) in [5, 5.41) is 7.56. The quantitative estimate of drug-likeness (QED) is 0.151. The van der Waals surface area contributed by atoms with E-state index in [0.29, 0.717) is 24.1 Å². The number of alkyl carbamates (subject to hydrolysis) is 2. The van der Waals surface area contributed by atoms with Crippen molar-refractivity contribution < 1.29 is 51.7 Å². The normalized spacial score (nSPS) is 15.4. The number of anilines is 1. The van der Waals surface area contributed by atoms with Gasteiger partial charge in [0.15, 0.2) is 11.6 Å². The molecule has 2 aromatic rings. The maximum absolute atomic E-state index is 15.7. The molecule has 2 aromatic carbocycles. The number of benzene rings is 2. The second-order valence-electron chi connectivity index (χ2n) is 19.2. The van der Waals surface area contributed by atoms with Gasteiger partial charge in [0.2, 0.25) is 11.9 Å². The highest BCUT2D eigenvalue weighted by atomic mass is 19.2. The lowest BCUT2D eigenvalue weighted by Gasteiger charge is -2.30. The lowest BCUT2D eigenvalue weighted by atomic mass is 9.95. The summed E-state index contributed by atoms with van der Waals surface area (Å²) in [7, 11) is 0. The molecule has 64 heavy (non-hydrogen) atoms. The summed E-state index contributed by atoms with van der Waals surface area (Å²) in [6, 6.07) is 7.84. The van der Waals surface area contributed by atoms with Crippen molar-refractivity contribution in [3.63, 3.8) is 0 Å². The van der Waals surface area contributed by atoms with Crippen LogP contribution in [0.25, 0.3) is 11.1 Å². The first kappa shape index (κ1) is 50.3. The number of guanidine groups is 2. The van der Waals surface area contributed by atoms with E-state index in [4.69, 9.17) is 18.9 Å². The van der Waals surface area contributed by atoms with Gasteiger partial charge in [0.25, 0.3) is 5.91 Å². The Balaban J connectivity index is 1.46. The minimum absolute atomic E-state index is 0.00964. The van der Waals surface area contributed by atoms with Crippen LogP contribution in [0.1, 0.15) is 123 Å². The number of aryl methyl sites for hydroxylation is 1. The number of hydrogen-bond acceptors (Lipinski definition) is 9. The Bertz CT molecular complexity index is 2260. The summed E-state index contributed by atoms with van der Waals surface area (Å²) in [5.41, 5.74) is -0.553. The van der Waals surface area contributed by atoms with Crippen molar-refractivity contribution in [2.24, 2.45) is 9.98 Å². The standard InChI is InChI=1S/C46H61F2N7O9/c1-27-26-30(28-18-22-54(23-19-28)37(50-39(57)61-43(2,3)4)51-40(58)62-44(5,6)7)14-15-31(27)36(56)49-33-17-16-32(34(47)35(33)48)29-20-24-55(25-21-29)38(52-41(59)63-45(8,9)10)53-42(60)64-46(11,12)13/h14-18,20,26H,19,21-25H2,1-13H3,(H,49,56)(H,50,51,57,58)(H,52,53,59,60). The first-order valence-electron chi connectivity index (χ1n) is 20.9. The molecule has 4 rings (SSSR count). The van der Waals surface area contributed by atoms with Gasteiger partial charge in [-0.3, -0.25) is 15.4 Å². The van der Waals surface area contributed by atoms with Crippen molar-refractivity contribution in [2.45, 2.75) is 125 Å². The SMILES string of the molecule is Cc1cc(C2=CCN(C(=NC(=O)OC(C)(C)C)NC(=O)OC(C)(C)C)CC2)ccc1C(=O)Nc1ccc(C2=CCN(C(=NC(=O)OC(C)(C)C)NC(=O)OC(C)(C)C)CC2)c(F)c1F. The molecule has 0 bridgehead atoms. The molecule has 2 heterocycles. The molecule has 0 aliphatic carbocycles. The Morgan fingerprint density at radius 2 is 1.06 bits per heavy atom. The molecular formula is C46H61F2N7O9. The van der Waals surface area contributed by atoms with E-state index in [0.717, 1.165) is 11.1 Å². The third kappa shape index (κ3) is 15.5. The van der Waals surface area contributed by atoms with Crippen LogP contribution in [0, 0.1) is 18.6 Å². The van der Waals surface area contributed by atoms with E-state index >= 15 is 8.78 Å². The molecule has 0 unspecified atom stereocenters. The number of nitrogens with zero attached hydrogens (tertiary/aromatic N) is 4. The van der Waals surface area contributed by atoms with Crippen molar-refractivity contribution in [3.05, 3.63) is 76.4 Å². The van der Waals surface area contributed by atoms with Gasteiger partial charge in [-0.2, -0.15) is 0 Å². The van der Waals surface area contributed by atoms with Crippen molar-refractivity contribution in [1.82, 2.24) is 20.4 Å². The molecule has 5 amide bonds. The molecule has 0 radical (unpaired) electrons. The van der Waals surface area contributed by atoms with Crippen LogP contribution in [0.3, 0.4) is 0 Å². The van der Waals surface area contributed by atoms with Crippen molar-refractivity contribution in [3.8, 4) is 0 Å². The summed E-state index contributed by atoms with van der Waals surface area (Å²) in [5.74, 6) is -3.18. The topological polar surface area (TPSA) is 190 Å². The third-order valence-corrected chi connectivity index (χ3v) is 8.94. The van der Waals surface area contributed by atoms with Crippen LogP contribution in [0.4, 0.5) is 33.6 Å². The molecular weight excluding hydrogens is 833 g/mol. The third-order valence-electron chi connectivity index (χ3n) is 8.94. The highest BCUT2D eigenvalue weighted by Crippen LogP contribution is 2.31. The van der Waals surface area contributed by atoms with Gasteiger partial charge in [0.1, 0.15) is 22.4 Å². The molecule has 2 aliphatic rings. The van der Waals surface area contributed by atoms with Crippen molar-refractivity contribution in [1.29, 1.82) is 0 Å². The Hall–Kier alpha value is -6.33. The number of aliphatic imine (C=N–C) groups is 2.